The van der Waals surface area contributed by atoms with Crippen LogP contribution >= 0.6 is 11.6 Å². The van der Waals surface area contributed by atoms with Crippen LogP contribution in [0.2, 0.25) is 5.02 Å². The molecule has 0 bridgehead atoms. The van der Waals surface area contributed by atoms with Crippen LogP contribution in [0.3, 0.4) is 0 Å². The van der Waals surface area contributed by atoms with Crippen LogP contribution in [0.5, 0.6) is 0 Å². The molecule has 36 heavy (non-hydrogen) atoms. The van der Waals surface area contributed by atoms with Gasteiger partial charge in [-0.05, 0) is 56.0 Å². The average Bonchev–Trinajstić information content (AvgIpc) is 3.21. The Labute approximate surface area is 214 Å². The zero-order valence-electron chi connectivity index (χ0n) is 20.3. The number of carbonyl (C=O) groups is 2. The molecule has 0 saturated heterocycles. The third-order valence-corrected chi connectivity index (χ3v) is 6.40. The molecular formula is C26H30ClF3N4O2. The molecule has 2 aliphatic heterocycles. The molecule has 1 aromatic carbocycles. The Morgan fingerprint density at radius 3 is 2.61 bits per heavy atom. The fourth-order valence-electron chi connectivity index (χ4n) is 4.35. The van der Waals surface area contributed by atoms with E-state index in [1.807, 2.05) is 25.2 Å². The first-order valence-electron chi connectivity index (χ1n) is 11.7. The summed E-state index contributed by atoms with van der Waals surface area (Å²) in [5.74, 6) is -0.972. The molecule has 194 valence electrons. The molecule has 10 heteroatoms. The minimum absolute atomic E-state index is 0.143. The standard InChI is InChI=1S/C26H30ClF3N4O2/c1-4-6-18-7-5-8-21-15-23(26(28,29)30)32-34(21)16-24(35)31-22(14-17(2)13-18)25(36)33(3)20-11-9-19(27)10-12-20/h4,6,9-13,21-22H,2,5,7-8,14-16H2,1,3H3,(H,31,35)/b6-4-,18-13+/t21?,22-/m0/s1. The molecule has 2 heterocycles. The molecule has 1 aromatic rings. The summed E-state index contributed by atoms with van der Waals surface area (Å²) < 4.78 is 40.0. The van der Waals surface area contributed by atoms with E-state index in [9.17, 15) is 22.8 Å². The second-order valence-electron chi connectivity index (χ2n) is 8.97. The molecule has 0 aromatic heterocycles. The minimum Gasteiger partial charge on any atom is -0.342 e. The Balaban J connectivity index is 1.90. The van der Waals surface area contributed by atoms with E-state index in [1.165, 1.54) is 9.91 Å². The van der Waals surface area contributed by atoms with E-state index in [0.29, 0.717) is 35.5 Å². The number of halogens is 4. The van der Waals surface area contributed by atoms with Crippen molar-refractivity contribution >= 4 is 34.8 Å². The Bertz CT molecular complexity index is 1080. The molecule has 2 aliphatic rings. The van der Waals surface area contributed by atoms with Gasteiger partial charge >= 0.3 is 6.18 Å². The van der Waals surface area contributed by atoms with Crippen molar-refractivity contribution in [1.29, 1.82) is 0 Å². The van der Waals surface area contributed by atoms with Crippen molar-refractivity contribution in [2.24, 2.45) is 5.10 Å². The molecule has 1 N–H and O–H groups in total. The molecule has 0 fully saturated rings. The zero-order chi connectivity index (χ0) is 26.5. The van der Waals surface area contributed by atoms with Gasteiger partial charge in [-0.15, -0.1) is 0 Å². The number of hydrogen-bond acceptors (Lipinski definition) is 4. The van der Waals surface area contributed by atoms with Gasteiger partial charge in [-0.2, -0.15) is 18.3 Å². The number of rotatable bonds is 3. The van der Waals surface area contributed by atoms with Crippen LogP contribution < -0.4 is 10.2 Å². The van der Waals surface area contributed by atoms with Gasteiger partial charge in [0.2, 0.25) is 11.8 Å². The zero-order valence-corrected chi connectivity index (χ0v) is 21.1. The Morgan fingerprint density at radius 2 is 1.97 bits per heavy atom. The molecular weight excluding hydrogens is 493 g/mol. The lowest BCUT2D eigenvalue weighted by Crippen LogP contribution is -2.50. The molecule has 2 amide bonds. The molecule has 6 nitrogen and oxygen atoms in total. The molecule has 0 spiro atoms. The molecule has 2 atom stereocenters. The van der Waals surface area contributed by atoms with Gasteiger partial charge in [-0.1, -0.05) is 42.0 Å². The number of nitrogens with zero attached hydrogens (tertiary/aromatic N) is 3. The predicted octanol–water partition coefficient (Wildman–Crippen LogP) is 5.41. The summed E-state index contributed by atoms with van der Waals surface area (Å²) in [6, 6.07) is 5.15. The number of carbonyl (C=O) groups excluding carboxylic acids is 2. The highest BCUT2D eigenvalue weighted by molar-refractivity contribution is 6.30. The SMILES string of the molecule is C=C1/C=C(\C=C/C)CCCC2CC(C(F)(F)F)=NN2CC(=O)N[C@H](C(=O)N(C)c2ccc(Cl)cc2)C1. The van der Waals surface area contributed by atoms with Crippen molar-refractivity contribution in [2.75, 3.05) is 18.5 Å². The van der Waals surface area contributed by atoms with Crippen molar-refractivity contribution in [1.82, 2.24) is 10.3 Å². The molecule has 0 saturated carbocycles. The second kappa shape index (κ2) is 11.8. The van der Waals surface area contributed by atoms with Gasteiger partial charge in [0.1, 0.15) is 18.3 Å². The summed E-state index contributed by atoms with van der Waals surface area (Å²) in [4.78, 5) is 27.7. The summed E-state index contributed by atoms with van der Waals surface area (Å²) >= 11 is 5.95. The number of benzene rings is 1. The third kappa shape index (κ3) is 7.22. The van der Waals surface area contributed by atoms with Crippen LogP contribution in [0.25, 0.3) is 0 Å². The maximum Gasteiger partial charge on any atom is 0.431 e. The smallest absolute Gasteiger partial charge is 0.342 e. The van der Waals surface area contributed by atoms with Crippen LogP contribution in [0.15, 0.2) is 65.3 Å². The van der Waals surface area contributed by atoms with E-state index in [0.717, 1.165) is 5.57 Å². The highest BCUT2D eigenvalue weighted by Crippen LogP contribution is 2.30. The van der Waals surface area contributed by atoms with E-state index in [2.05, 4.69) is 17.0 Å². The van der Waals surface area contributed by atoms with E-state index in [-0.39, 0.29) is 25.3 Å². The van der Waals surface area contributed by atoms with Crippen molar-refractivity contribution in [3.05, 3.63) is 65.2 Å². The van der Waals surface area contributed by atoms with Crippen LogP contribution in [-0.4, -0.2) is 54.4 Å². The largest absolute Gasteiger partial charge is 0.431 e. The Kier molecular flexibility index (Phi) is 9.00. The number of alkyl halides is 3. The number of hydrogen-bond donors (Lipinski definition) is 1. The van der Waals surface area contributed by atoms with Gasteiger partial charge < -0.3 is 10.2 Å². The number of anilines is 1. The average molecular weight is 523 g/mol. The van der Waals surface area contributed by atoms with Crippen molar-refractivity contribution in [3.63, 3.8) is 0 Å². The number of allylic oxidation sites excluding steroid dienone is 4. The summed E-state index contributed by atoms with van der Waals surface area (Å²) in [6.45, 7) is 5.59. The van der Waals surface area contributed by atoms with Gasteiger partial charge in [0, 0.05) is 30.6 Å². The number of nitrogens with one attached hydrogen (secondary N) is 1. The highest BCUT2D eigenvalue weighted by Gasteiger charge is 2.43. The molecule has 1 unspecified atom stereocenters. The van der Waals surface area contributed by atoms with Gasteiger partial charge in [-0.3, -0.25) is 14.6 Å². The molecule has 0 radical (unpaired) electrons. The van der Waals surface area contributed by atoms with Crippen LogP contribution in [0, 0.1) is 0 Å². The van der Waals surface area contributed by atoms with Gasteiger partial charge in [0.15, 0.2) is 0 Å². The maximum atomic E-state index is 13.4. The van der Waals surface area contributed by atoms with Gasteiger partial charge in [0.25, 0.3) is 0 Å². The normalized spacial score (nSPS) is 23.6. The van der Waals surface area contributed by atoms with Gasteiger partial charge in [0.05, 0.1) is 6.04 Å². The highest BCUT2D eigenvalue weighted by atomic mass is 35.5. The summed E-state index contributed by atoms with van der Waals surface area (Å²) in [6.07, 6.45) is 2.68. The van der Waals surface area contributed by atoms with Crippen LogP contribution in [0.1, 0.15) is 39.0 Å². The van der Waals surface area contributed by atoms with E-state index in [1.54, 1.807) is 31.3 Å². The number of likely N-dealkylation sites (N-methyl/N-ethyl adjacent to an activating group) is 1. The van der Waals surface area contributed by atoms with Crippen molar-refractivity contribution < 1.29 is 22.8 Å². The summed E-state index contributed by atoms with van der Waals surface area (Å²) in [5, 5.41) is 8.15. The fourth-order valence-corrected chi connectivity index (χ4v) is 4.48. The topological polar surface area (TPSA) is 65.0 Å². The molecule has 3 rings (SSSR count). The quantitative estimate of drug-likeness (QED) is 0.577. The van der Waals surface area contributed by atoms with Crippen LogP contribution in [0.4, 0.5) is 18.9 Å². The predicted molar refractivity (Wildman–Crippen MR) is 136 cm³/mol. The first-order valence-corrected chi connectivity index (χ1v) is 12.1. The summed E-state index contributed by atoms with van der Waals surface area (Å²) in [5.41, 5.74) is 1.30. The summed E-state index contributed by atoms with van der Waals surface area (Å²) in [7, 11) is 1.58. The Hall–Kier alpha value is -3.07. The fraction of sp³-hybridized carbons (Fsp3) is 0.423. The maximum absolute atomic E-state index is 13.4. The third-order valence-electron chi connectivity index (χ3n) is 6.15. The first kappa shape index (κ1) is 27.5. The lowest BCUT2D eigenvalue weighted by Gasteiger charge is -2.27. The first-order chi connectivity index (χ1) is 17.0. The Morgan fingerprint density at radius 1 is 1.28 bits per heavy atom. The van der Waals surface area contributed by atoms with Crippen LogP contribution in [-0.2, 0) is 9.59 Å². The number of hydrazone groups is 1. The lowest BCUT2D eigenvalue weighted by molar-refractivity contribution is -0.128. The second-order valence-corrected chi connectivity index (χ2v) is 9.40. The number of fused-ring (bicyclic) bond motifs is 1. The lowest BCUT2D eigenvalue weighted by atomic mass is 9.98. The van der Waals surface area contributed by atoms with Gasteiger partial charge in [-0.25, -0.2) is 0 Å². The van der Waals surface area contributed by atoms with Crippen molar-refractivity contribution in [2.45, 2.75) is 57.3 Å². The number of amides is 2. The van der Waals surface area contributed by atoms with E-state index >= 15 is 0 Å². The molecule has 0 aliphatic carbocycles. The van der Waals surface area contributed by atoms with E-state index in [4.69, 9.17) is 11.6 Å². The monoisotopic (exact) mass is 522 g/mol. The van der Waals surface area contributed by atoms with E-state index < -0.39 is 29.9 Å². The van der Waals surface area contributed by atoms with Crippen molar-refractivity contribution in [3.8, 4) is 0 Å². The minimum atomic E-state index is -4.55.